The summed E-state index contributed by atoms with van der Waals surface area (Å²) in [4.78, 5) is 48.8. The number of carbonyl (C=O) groups is 3. The van der Waals surface area contributed by atoms with Crippen LogP contribution in [0, 0.1) is 10.1 Å². The molecule has 1 aliphatic rings. The van der Waals surface area contributed by atoms with Gasteiger partial charge >= 0.3 is 5.97 Å². The van der Waals surface area contributed by atoms with Crippen LogP contribution in [0.25, 0.3) is 5.76 Å². The molecule has 2 aromatic carbocycles. The minimum Gasteiger partial charge on any atom is -0.507 e. The van der Waals surface area contributed by atoms with Gasteiger partial charge in [0.1, 0.15) is 5.76 Å². The molecule has 1 heterocycles. The smallest absolute Gasteiger partial charge is 0.303 e. The zero-order valence-electron chi connectivity index (χ0n) is 17.4. The second-order valence-electron chi connectivity index (χ2n) is 7.52. The van der Waals surface area contributed by atoms with Gasteiger partial charge in [-0.1, -0.05) is 30.2 Å². The molecule has 0 bridgehead atoms. The summed E-state index contributed by atoms with van der Waals surface area (Å²) >= 11 is 5.89. The summed E-state index contributed by atoms with van der Waals surface area (Å²) in [5.74, 6) is -3.22. The minimum absolute atomic E-state index is 0.0248. The maximum absolute atomic E-state index is 13.0. The number of nitro benzene ring substituents is 1. The number of nitro groups is 1. The third-order valence-electron chi connectivity index (χ3n) is 5.38. The highest BCUT2D eigenvalue weighted by molar-refractivity contribution is 6.46. The number of carboxylic acid groups (broad SMARTS) is 1. The van der Waals surface area contributed by atoms with E-state index in [1.165, 1.54) is 47.4 Å². The van der Waals surface area contributed by atoms with Gasteiger partial charge < -0.3 is 15.1 Å². The topological polar surface area (TPSA) is 138 Å². The maximum atomic E-state index is 13.0. The van der Waals surface area contributed by atoms with E-state index in [4.69, 9.17) is 16.7 Å². The van der Waals surface area contributed by atoms with Gasteiger partial charge in [0, 0.05) is 29.6 Å². The van der Waals surface area contributed by atoms with Gasteiger partial charge in [-0.25, -0.2) is 0 Å². The molecular weight excluding hydrogens is 452 g/mol. The van der Waals surface area contributed by atoms with Gasteiger partial charge in [-0.3, -0.25) is 24.5 Å². The summed E-state index contributed by atoms with van der Waals surface area (Å²) in [6.45, 7) is 0.0678. The number of benzene rings is 2. The number of carbonyl (C=O) groups excluding carboxylic acids is 2. The molecule has 10 heteroatoms. The van der Waals surface area contributed by atoms with E-state index in [2.05, 4.69) is 0 Å². The Hall–Kier alpha value is -3.72. The SMILES string of the molecule is O=C(O)CCCCCN1C(=O)C(=O)C(=C(O)c2ccc(Cl)cc2)[C@H]1c1ccccc1[N+](=O)[O-]. The molecule has 1 aliphatic heterocycles. The fourth-order valence-electron chi connectivity index (χ4n) is 3.82. The zero-order chi connectivity index (χ0) is 24.1. The van der Waals surface area contributed by atoms with Crippen molar-refractivity contribution in [3.8, 4) is 0 Å². The standard InChI is InChI=1S/C23H21ClN2O7/c24-15-11-9-14(10-12-15)21(29)19-20(16-6-3-4-7-17(16)26(32)33)25(23(31)22(19)30)13-5-1-2-8-18(27)28/h3-4,6-7,9-12,20,29H,1-2,5,8,13H2,(H,27,28)/t20-/m1/s1. The van der Waals surface area contributed by atoms with Crippen molar-refractivity contribution in [2.45, 2.75) is 31.7 Å². The van der Waals surface area contributed by atoms with Crippen LogP contribution in [0.5, 0.6) is 0 Å². The molecule has 9 nitrogen and oxygen atoms in total. The zero-order valence-corrected chi connectivity index (χ0v) is 18.2. The summed E-state index contributed by atoms with van der Waals surface area (Å²) in [5, 5.41) is 31.8. The molecule has 1 saturated heterocycles. The first-order valence-electron chi connectivity index (χ1n) is 10.2. The van der Waals surface area contributed by atoms with Crippen molar-refractivity contribution in [3.63, 3.8) is 0 Å². The van der Waals surface area contributed by atoms with E-state index in [1.54, 1.807) is 6.07 Å². The number of rotatable bonds is 9. The number of aliphatic carboxylic acids is 1. The third kappa shape index (κ3) is 5.20. The number of aliphatic hydroxyl groups is 1. The summed E-state index contributed by atoms with van der Waals surface area (Å²) < 4.78 is 0. The molecular formula is C23H21ClN2O7. The van der Waals surface area contributed by atoms with Crippen LogP contribution in [0.1, 0.15) is 42.9 Å². The van der Waals surface area contributed by atoms with Crippen molar-refractivity contribution in [1.29, 1.82) is 0 Å². The Bertz CT molecular complexity index is 1130. The van der Waals surface area contributed by atoms with Crippen LogP contribution in [-0.2, 0) is 14.4 Å². The number of ketones is 1. The van der Waals surface area contributed by atoms with Crippen LogP contribution < -0.4 is 0 Å². The molecule has 0 saturated carbocycles. The summed E-state index contributed by atoms with van der Waals surface area (Å²) in [6.07, 6.45) is 1.23. The number of amides is 1. The Morgan fingerprint density at radius 2 is 1.70 bits per heavy atom. The predicted molar refractivity (Wildman–Crippen MR) is 120 cm³/mol. The number of hydrogen-bond donors (Lipinski definition) is 2. The molecule has 0 aromatic heterocycles. The van der Waals surface area contributed by atoms with Gasteiger partial charge in [-0.15, -0.1) is 0 Å². The van der Waals surface area contributed by atoms with Crippen molar-refractivity contribution in [2.24, 2.45) is 0 Å². The van der Waals surface area contributed by atoms with Crippen molar-refractivity contribution in [1.82, 2.24) is 4.90 Å². The lowest BCUT2D eigenvalue weighted by atomic mass is 9.94. The molecule has 0 spiro atoms. The summed E-state index contributed by atoms with van der Waals surface area (Å²) in [6, 6.07) is 10.6. The lowest BCUT2D eigenvalue weighted by molar-refractivity contribution is -0.385. The van der Waals surface area contributed by atoms with Crippen molar-refractivity contribution >= 4 is 40.7 Å². The monoisotopic (exact) mass is 472 g/mol. The third-order valence-corrected chi connectivity index (χ3v) is 5.63. The molecule has 1 amide bonds. The van der Waals surface area contributed by atoms with E-state index in [1.807, 2.05) is 0 Å². The number of hydrogen-bond acceptors (Lipinski definition) is 6. The van der Waals surface area contributed by atoms with Gasteiger partial charge in [-0.05, 0) is 43.2 Å². The number of para-hydroxylation sites is 1. The molecule has 2 aromatic rings. The largest absolute Gasteiger partial charge is 0.507 e. The van der Waals surface area contributed by atoms with Crippen LogP contribution in [0.4, 0.5) is 5.69 Å². The van der Waals surface area contributed by atoms with Crippen LogP contribution in [0.15, 0.2) is 54.1 Å². The predicted octanol–water partition coefficient (Wildman–Crippen LogP) is 4.31. The van der Waals surface area contributed by atoms with E-state index in [0.29, 0.717) is 24.3 Å². The molecule has 1 atom stereocenters. The Morgan fingerprint density at radius 1 is 1.03 bits per heavy atom. The average molecular weight is 473 g/mol. The van der Waals surface area contributed by atoms with Crippen molar-refractivity contribution < 1.29 is 29.5 Å². The number of carboxylic acids is 1. The first-order valence-corrected chi connectivity index (χ1v) is 10.6. The Labute approximate surface area is 194 Å². The molecule has 1 fully saturated rings. The van der Waals surface area contributed by atoms with E-state index in [9.17, 15) is 29.6 Å². The van der Waals surface area contributed by atoms with Gasteiger partial charge in [0.2, 0.25) is 0 Å². The number of aliphatic hydroxyl groups excluding tert-OH is 1. The van der Waals surface area contributed by atoms with E-state index < -0.39 is 34.4 Å². The highest BCUT2D eigenvalue weighted by Crippen LogP contribution is 2.42. The van der Waals surface area contributed by atoms with Gasteiger partial charge in [-0.2, -0.15) is 0 Å². The van der Waals surface area contributed by atoms with Gasteiger partial charge in [0.05, 0.1) is 22.1 Å². The van der Waals surface area contributed by atoms with Gasteiger partial charge in [0.15, 0.2) is 0 Å². The Balaban J connectivity index is 2.06. The van der Waals surface area contributed by atoms with Crippen LogP contribution in [-0.4, -0.2) is 44.2 Å². The lowest BCUT2D eigenvalue weighted by Gasteiger charge is -2.25. The molecule has 33 heavy (non-hydrogen) atoms. The summed E-state index contributed by atoms with van der Waals surface area (Å²) in [7, 11) is 0. The number of unbranched alkanes of at least 4 members (excludes halogenated alkanes) is 2. The molecule has 0 radical (unpaired) electrons. The lowest BCUT2D eigenvalue weighted by Crippen LogP contribution is -2.31. The first kappa shape index (κ1) is 23.9. The van der Waals surface area contributed by atoms with E-state index in [0.717, 1.165) is 0 Å². The molecule has 0 aliphatic carbocycles. The summed E-state index contributed by atoms with van der Waals surface area (Å²) in [5.41, 5.74) is -0.199. The Morgan fingerprint density at radius 3 is 2.33 bits per heavy atom. The number of Topliss-reactive ketones (excluding diaryl/α,β-unsaturated/α-hetero) is 1. The fourth-order valence-corrected chi connectivity index (χ4v) is 3.94. The quantitative estimate of drug-likeness (QED) is 0.138. The average Bonchev–Trinajstić information content (AvgIpc) is 3.03. The van der Waals surface area contributed by atoms with E-state index >= 15 is 0 Å². The maximum Gasteiger partial charge on any atom is 0.303 e. The van der Waals surface area contributed by atoms with Gasteiger partial charge in [0.25, 0.3) is 17.4 Å². The minimum atomic E-state index is -1.17. The second kappa shape index (κ2) is 10.3. The number of nitrogens with zero attached hydrogens (tertiary/aromatic N) is 2. The van der Waals surface area contributed by atoms with Crippen LogP contribution in [0.3, 0.4) is 0 Å². The van der Waals surface area contributed by atoms with Crippen molar-refractivity contribution in [3.05, 3.63) is 80.4 Å². The van der Waals surface area contributed by atoms with E-state index in [-0.39, 0.29) is 35.4 Å². The molecule has 2 N–H and O–H groups in total. The van der Waals surface area contributed by atoms with Crippen LogP contribution in [0.2, 0.25) is 5.02 Å². The fraction of sp³-hybridized carbons (Fsp3) is 0.261. The molecule has 3 rings (SSSR count). The number of likely N-dealkylation sites (tertiary alicyclic amines) is 1. The molecule has 172 valence electrons. The number of halogens is 1. The normalized spacial score (nSPS) is 17.4. The van der Waals surface area contributed by atoms with Crippen molar-refractivity contribution in [2.75, 3.05) is 6.54 Å². The second-order valence-corrected chi connectivity index (χ2v) is 7.96. The molecule has 0 unspecified atom stereocenters. The highest BCUT2D eigenvalue weighted by Gasteiger charge is 2.47. The highest BCUT2D eigenvalue weighted by atomic mass is 35.5. The van der Waals surface area contributed by atoms with Crippen LogP contribution >= 0.6 is 11.6 Å². The Kier molecular flexibility index (Phi) is 7.44. The first-order chi connectivity index (χ1) is 15.7.